The summed E-state index contributed by atoms with van der Waals surface area (Å²) in [7, 11) is 0. The Labute approximate surface area is 223 Å². The van der Waals surface area contributed by atoms with Crippen molar-refractivity contribution < 1.29 is 24.3 Å². The van der Waals surface area contributed by atoms with Crippen molar-refractivity contribution >= 4 is 39.9 Å². The monoisotopic (exact) mass is 535 g/mol. The lowest BCUT2D eigenvalue weighted by Crippen LogP contribution is -2.53. The number of carbonyl (C=O) groups excluding carboxylic acids is 1. The summed E-state index contributed by atoms with van der Waals surface area (Å²) in [4.78, 5) is 41.1. The van der Waals surface area contributed by atoms with Crippen LogP contribution in [0.15, 0.2) is 52.5 Å². The summed E-state index contributed by atoms with van der Waals surface area (Å²) < 4.78 is 17.0. The van der Waals surface area contributed by atoms with Crippen LogP contribution in [0.1, 0.15) is 48.7 Å². The lowest BCUT2D eigenvalue weighted by molar-refractivity contribution is -0.120. The Hall–Kier alpha value is -4.25. The Morgan fingerprint density at radius 3 is 2.36 bits per heavy atom. The molecule has 1 amide bonds. The number of carboxylic acid groups (broad SMARTS) is 1. The van der Waals surface area contributed by atoms with Gasteiger partial charge in [-0.1, -0.05) is 17.3 Å². The molecule has 2 aromatic carbocycles. The number of rotatable bonds is 7. The topological polar surface area (TPSA) is 127 Å². The van der Waals surface area contributed by atoms with Crippen molar-refractivity contribution in [2.45, 2.75) is 38.8 Å². The van der Waals surface area contributed by atoms with Crippen molar-refractivity contribution in [2.75, 3.05) is 36.4 Å². The van der Waals surface area contributed by atoms with E-state index in [4.69, 9.17) is 5.21 Å². The highest BCUT2D eigenvalue weighted by atomic mass is 19.1. The first kappa shape index (κ1) is 26.4. The molecule has 5 rings (SSSR count). The van der Waals surface area contributed by atoms with Crippen molar-refractivity contribution in [1.82, 2.24) is 9.47 Å². The van der Waals surface area contributed by atoms with Crippen LogP contribution in [0.3, 0.4) is 0 Å². The molecule has 1 saturated carbocycles. The maximum atomic E-state index is 15.3. The van der Waals surface area contributed by atoms with Crippen LogP contribution >= 0.6 is 0 Å². The molecule has 1 aromatic heterocycles. The van der Waals surface area contributed by atoms with E-state index in [0.717, 1.165) is 24.5 Å². The number of aromatic carboxylic acids is 1. The predicted octanol–water partition coefficient (Wildman–Crippen LogP) is 3.52. The molecule has 1 unspecified atom stereocenters. The average Bonchev–Trinajstić information content (AvgIpc) is 3.78. The number of piperazine rings is 1. The number of hydrogen-bond donors (Lipinski definition) is 3. The van der Waals surface area contributed by atoms with E-state index in [9.17, 15) is 19.5 Å². The van der Waals surface area contributed by atoms with Crippen molar-refractivity contribution in [3.63, 3.8) is 0 Å². The molecule has 10 nitrogen and oxygen atoms in total. The summed E-state index contributed by atoms with van der Waals surface area (Å²) in [6, 6.07) is 9.50. The van der Waals surface area contributed by atoms with Gasteiger partial charge in [0.15, 0.2) is 0 Å². The minimum Gasteiger partial charge on any atom is -0.477 e. The van der Waals surface area contributed by atoms with Crippen LogP contribution in [0.2, 0.25) is 0 Å². The molecule has 3 N–H and O–H groups in total. The van der Waals surface area contributed by atoms with Crippen molar-refractivity contribution in [3.05, 3.63) is 69.8 Å². The van der Waals surface area contributed by atoms with E-state index in [-0.39, 0.29) is 22.9 Å². The Balaban J connectivity index is 1.29. The van der Waals surface area contributed by atoms with Crippen LogP contribution in [-0.2, 0) is 4.79 Å². The third-order valence-electron chi connectivity index (χ3n) is 7.57. The standard InChI is InChI=1S/C28H30FN5O5/c1-16(31-39)18-3-5-19(6-4-18)30-27(36)17(2)32-9-11-33(12-10-32)25-14-24-21(13-23(25)29)26(35)22(28(37)38)15-34(24)20-7-8-20/h3-6,13-15,17,20,39H,7-12H2,1-2H3,(H,30,36)(H,37,38)/b31-16-. The Bertz CT molecular complexity index is 1520. The zero-order valence-corrected chi connectivity index (χ0v) is 21.7. The molecular formula is C28H30FN5O5. The molecule has 3 aromatic rings. The number of carbonyl (C=O) groups is 2. The Kier molecular flexibility index (Phi) is 7.09. The lowest BCUT2D eigenvalue weighted by Gasteiger charge is -2.38. The predicted molar refractivity (Wildman–Crippen MR) is 146 cm³/mol. The molecule has 0 spiro atoms. The highest BCUT2D eigenvalue weighted by Crippen LogP contribution is 2.38. The van der Waals surface area contributed by atoms with Gasteiger partial charge in [-0.15, -0.1) is 0 Å². The maximum Gasteiger partial charge on any atom is 0.341 e. The van der Waals surface area contributed by atoms with Gasteiger partial charge in [-0.2, -0.15) is 0 Å². The van der Waals surface area contributed by atoms with Gasteiger partial charge in [0.05, 0.1) is 23.0 Å². The van der Waals surface area contributed by atoms with Crippen molar-refractivity contribution in [1.29, 1.82) is 0 Å². The Morgan fingerprint density at radius 1 is 1.10 bits per heavy atom. The van der Waals surface area contributed by atoms with Gasteiger partial charge in [0.25, 0.3) is 0 Å². The number of oxime groups is 1. The molecule has 1 saturated heterocycles. The highest BCUT2D eigenvalue weighted by Gasteiger charge is 2.30. The van der Waals surface area contributed by atoms with Gasteiger partial charge in [0, 0.05) is 49.5 Å². The van der Waals surface area contributed by atoms with E-state index < -0.39 is 23.3 Å². The lowest BCUT2D eigenvalue weighted by atomic mass is 10.1. The van der Waals surface area contributed by atoms with E-state index >= 15 is 4.39 Å². The first-order chi connectivity index (χ1) is 18.7. The summed E-state index contributed by atoms with van der Waals surface area (Å²) >= 11 is 0. The Morgan fingerprint density at radius 2 is 1.77 bits per heavy atom. The van der Waals surface area contributed by atoms with Gasteiger partial charge in [0.1, 0.15) is 11.4 Å². The average molecular weight is 536 g/mol. The van der Waals surface area contributed by atoms with E-state index in [1.54, 1.807) is 41.8 Å². The number of halogens is 1. The SMILES string of the molecule is C/C(=N/O)c1ccc(NC(=O)C(C)N2CCN(c3cc4c(cc3F)c(=O)c(C(=O)O)cn4C3CC3)CC2)cc1. The summed E-state index contributed by atoms with van der Waals surface area (Å²) in [5.74, 6) is -2.06. The third-order valence-corrected chi connectivity index (χ3v) is 7.57. The van der Waals surface area contributed by atoms with Crippen LogP contribution in [0.5, 0.6) is 0 Å². The van der Waals surface area contributed by atoms with Crippen LogP contribution in [0.25, 0.3) is 10.9 Å². The summed E-state index contributed by atoms with van der Waals surface area (Å²) in [5.41, 5.74) is 1.71. The second-order valence-electron chi connectivity index (χ2n) is 10.1. The highest BCUT2D eigenvalue weighted by molar-refractivity contribution is 5.99. The van der Waals surface area contributed by atoms with E-state index in [1.807, 2.05) is 16.7 Å². The summed E-state index contributed by atoms with van der Waals surface area (Å²) in [6.07, 6.45) is 3.13. The van der Waals surface area contributed by atoms with Gasteiger partial charge in [-0.05, 0) is 56.5 Å². The minimum absolute atomic E-state index is 0.0684. The smallest absolute Gasteiger partial charge is 0.341 e. The first-order valence-corrected chi connectivity index (χ1v) is 12.9. The number of pyridine rings is 1. The first-order valence-electron chi connectivity index (χ1n) is 12.9. The second kappa shape index (κ2) is 10.5. The van der Waals surface area contributed by atoms with Gasteiger partial charge in [0.2, 0.25) is 11.3 Å². The number of nitrogens with zero attached hydrogens (tertiary/aromatic N) is 4. The number of benzene rings is 2. The number of amides is 1. The third kappa shape index (κ3) is 5.22. The largest absolute Gasteiger partial charge is 0.477 e. The molecule has 2 heterocycles. The van der Waals surface area contributed by atoms with Crippen molar-refractivity contribution in [2.24, 2.45) is 5.16 Å². The van der Waals surface area contributed by atoms with Gasteiger partial charge in [-0.3, -0.25) is 14.5 Å². The fraction of sp³-hybridized carbons (Fsp3) is 0.357. The zero-order chi connectivity index (χ0) is 27.8. The number of aromatic nitrogens is 1. The number of anilines is 2. The van der Waals surface area contributed by atoms with Crippen LogP contribution in [0, 0.1) is 5.82 Å². The normalized spacial score (nSPS) is 17.3. The van der Waals surface area contributed by atoms with E-state index in [2.05, 4.69) is 10.5 Å². The van der Waals surface area contributed by atoms with E-state index in [1.165, 1.54) is 6.20 Å². The number of carboxylic acids is 1. The number of hydrogen-bond acceptors (Lipinski definition) is 7. The van der Waals surface area contributed by atoms with Gasteiger partial charge in [-0.25, -0.2) is 9.18 Å². The molecule has 0 radical (unpaired) electrons. The molecule has 1 aliphatic carbocycles. The van der Waals surface area contributed by atoms with Crippen molar-refractivity contribution in [3.8, 4) is 0 Å². The van der Waals surface area contributed by atoms with Crippen LogP contribution in [-0.4, -0.2) is 69.6 Å². The maximum absolute atomic E-state index is 15.3. The van der Waals surface area contributed by atoms with Gasteiger partial charge >= 0.3 is 5.97 Å². The molecular weight excluding hydrogens is 505 g/mol. The molecule has 2 aliphatic rings. The molecule has 39 heavy (non-hydrogen) atoms. The fourth-order valence-corrected chi connectivity index (χ4v) is 5.02. The molecule has 1 atom stereocenters. The van der Waals surface area contributed by atoms with Gasteiger partial charge < -0.3 is 25.1 Å². The van der Waals surface area contributed by atoms with E-state index in [0.29, 0.717) is 48.8 Å². The van der Waals surface area contributed by atoms with Crippen LogP contribution in [0.4, 0.5) is 15.8 Å². The quantitative estimate of drug-likeness (QED) is 0.240. The van der Waals surface area contributed by atoms with Crippen LogP contribution < -0.4 is 15.6 Å². The summed E-state index contributed by atoms with van der Waals surface area (Å²) in [5, 5.41) is 24.5. The molecule has 204 valence electrons. The number of nitrogens with one attached hydrogen (secondary N) is 1. The molecule has 11 heteroatoms. The molecule has 1 aliphatic heterocycles. The molecule has 0 bridgehead atoms. The zero-order valence-electron chi connectivity index (χ0n) is 21.7. The number of fused-ring (bicyclic) bond motifs is 1. The summed E-state index contributed by atoms with van der Waals surface area (Å²) in [6.45, 7) is 5.53. The minimum atomic E-state index is -1.32. The second-order valence-corrected chi connectivity index (χ2v) is 10.1. The fourth-order valence-electron chi connectivity index (χ4n) is 5.02. The molecule has 2 fully saturated rings.